The van der Waals surface area contributed by atoms with Gasteiger partial charge in [0.2, 0.25) is 15.9 Å². The Morgan fingerprint density at radius 3 is 2.48 bits per heavy atom. The van der Waals surface area contributed by atoms with Crippen molar-refractivity contribution in [3.8, 4) is 11.5 Å². The molecule has 0 saturated carbocycles. The van der Waals surface area contributed by atoms with E-state index in [9.17, 15) is 13.2 Å². The van der Waals surface area contributed by atoms with Crippen molar-refractivity contribution in [3.63, 3.8) is 0 Å². The lowest BCUT2D eigenvalue weighted by atomic mass is 9.98. The van der Waals surface area contributed by atoms with Gasteiger partial charge < -0.3 is 14.8 Å². The highest BCUT2D eigenvalue weighted by atomic mass is 32.2. The van der Waals surface area contributed by atoms with Gasteiger partial charge in [-0.3, -0.25) is 4.79 Å². The Hall–Kier alpha value is -2.58. The van der Waals surface area contributed by atoms with Crippen molar-refractivity contribution in [2.75, 3.05) is 32.6 Å². The highest BCUT2D eigenvalue weighted by molar-refractivity contribution is 7.89. The number of carbonyl (C=O) groups excluding carboxylic acids is 1. The molecular formula is C23H30N2O5S. The number of hydrogen-bond donors (Lipinski definition) is 1. The molecule has 0 bridgehead atoms. The summed E-state index contributed by atoms with van der Waals surface area (Å²) < 4.78 is 38.9. The quantitative estimate of drug-likeness (QED) is 0.698. The van der Waals surface area contributed by atoms with E-state index >= 15 is 0 Å². The minimum atomic E-state index is -3.81. The fourth-order valence-electron chi connectivity index (χ4n) is 3.75. The van der Waals surface area contributed by atoms with Gasteiger partial charge >= 0.3 is 0 Å². The number of nitrogens with one attached hydrogen (secondary N) is 1. The third kappa shape index (κ3) is 5.02. The van der Waals surface area contributed by atoms with Crippen molar-refractivity contribution in [1.29, 1.82) is 0 Å². The second-order valence-electron chi connectivity index (χ2n) is 7.96. The number of methoxy groups -OCH3 is 2. The van der Waals surface area contributed by atoms with Crippen molar-refractivity contribution in [2.24, 2.45) is 5.92 Å². The van der Waals surface area contributed by atoms with Crippen LogP contribution in [-0.4, -0.2) is 45.9 Å². The zero-order valence-electron chi connectivity index (χ0n) is 18.4. The van der Waals surface area contributed by atoms with Gasteiger partial charge in [-0.15, -0.1) is 0 Å². The summed E-state index contributed by atoms with van der Waals surface area (Å²) in [6, 6.07) is 12.4. The summed E-state index contributed by atoms with van der Waals surface area (Å²) in [7, 11) is -0.808. The minimum absolute atomic E-state index is 0.123. The third-order valence-corrected chi connectivity index (χ3v) is 7.48. The van der Waals surface area contributed by atoms with Crippen LogP contribution < -0.4 is 14.8 Å². The van der Waals surface area contributed by atoms with Crippen molar-refractivity contribution < 1.29 is 22.7 Å². The van der Waals surface area contributed by atoms with Gasteiger partial charge in [0, 0.05) is 13.1 Å². The second kappa shape index (κ2) is 9.70. The van der Waals surface area contributed by atoms with Crippen LogP contribution >= 0.6 is 0 Å². The lowest BCUT2D eigenvalue weighted by molar-refractivity contribution is -0.120. The second-order valence-corrected chi connectivity index (χ2v) is 9.86. The Labute approximate surface area is 184 Å². The maximum absolute atomic E-state index is 13.5. The first-order valence-corrected chi connectivity index (χ1v) is 11.8. The number of rotatable bonds is 7. The molecule has 2 aromatic rings. The molecule has 2 aromatic carbocycles. The van der Waals surface area contributed by atoms with Crippen LogP contribution in [0, 0.1) is 5.92 Å². The van der Waals surface area contributed by atoms with E-state index in [4.69, 9.17) is 9.47 Å². The smallest absolute Gasteiger partial charge is 0.246 e. The molecule has 1 fully saturated rings. The third-order valence-electron chi connectivity index (χ3n) is 5.59. The molecular weight excluding hydrogens is 416 g/mol. The summed E-state index contributed by atoms with van der Waals surface area (Å²) in [5.74, 6) is 0.386. The van der Waals surface area contributed by atoms with Gasteiger partial charge in [-0.1, -0.05) is 32.0 Å². The van der Waals surface area contributed by atoms with Crippen molar-refractivity contribution in [3.05, 3.63) is 48.0 Å². The van der Waals surface area contributed by atoms with Crippen LogP contribution in [0.5, 0.6) is 11.5 Å². The molecule has 3 rings (SSSR count). The molecule has 1 atom stereocenters. The number of hydrogen-bond acceptors (Lipinski definition) is 5. The van der Waals surface area contributed by atoms with Gasteiger partial charge in [-0.05, 0) is 48.6 Å². The van der Waals surface area contributed by atoms with E-state index in [0.717, 1.165) is 5.56 Å². The highest BCUT2D eigenvalue weighted by Crippen LogP contribution is 2.33. The van der Waals surface area contributed by atoms with E-state index in [1.807, 2.05) is 32.0 Å². The molecule has 1 aliphatic heterocycles. The van der Waals surface area contributed by atoms with Gasteiger partial charge in [0.1, 0.15) is 16.4 Å². The fourth-order valence-corrected chi connectivity index (χ4v) is 5.46. The predicted molar refractivity (Wildman–Crippen MR) is 120 cm³/mol. The van der Waals surface area contributed by atoms with E-state index in [2.05, 4.69) is 5.32 Å². The number of para-hydroxylation sites is 2. The number of piperidine rings is 1. The molecule has 8 heteroatoms. The molecule has 1 N–H and O–H groups in total. The van der Waals surface area contributed by atoms with Gasteiger partial charge in [0.05, 0.1) is 25.8 Å². The maximum Gasteiger partial charge on any atom is 0.246 e. The number of sulfonamides is 1. The van der Waals surface area contributed by atoms with Crippen molar-refractivity contribution >= 4 is 21.6 Å². The van der Waals surface area contributed by atoms with Crippen LogP contribution in [0.15, 0.2) is 47.4 Å². The summed E-state index contributed by atoms with van der Waals surface area (Å²) >= 11 is 0. The molecule has 1 amide bonds. The largest absolute Gasteiger partial charge is 0.495 e. The molecule has 168 valence electrons. The van der Waals surface area contributed by atoms with E-state index in [1.165, 1.54) is 11.4 Å². The summed E-state index contributed by atoms with van der Waals surface area (Å²) in [5, 5.41) is 2.88. The van der Waals surface area contributed by atoms with Crippen LogP contribution in [0.3, 0.4) is 0 Å². The normalized spacial score (nSPS) is 17.4. The maximum atomic E-state index is 13.5. The van der Waals surface area contributed by atoms with Gasteiger partial charge in [-0.25, -0.2) is 8.42 Å². The molecule has 1 saturated heterocycles. The molecule has 0 aliphatic carbocycles. The molecule has 0 aromatic heterocycles. The van der Waals surface area contributed by atoms with E-state index < -0.39 is 15.9 Å². The summed E-state index contributed by atoms with van der Waals surface area (Å²) in [6.07, 6.45) is 1.23. The van der Waals surface area contributed by atoms with Crippen molar-refractivity contribution in [2.45, 2.75) is 37.5 Å². The first kappa shape index (κ1) is 23.1. The number of benzene rings is 2. The predicted octanol–water partition coefficient (Wildman–Crippen LogP) is 3.87. The zero-order chi connectivity index (χ0) is 22.6. The Bertz CT molecular complexity index is 1040. The fraction of sp³-hybridized carbons (Fsp3) is 0.435. The Morgan fingerprint density at radius 1 is 1.10 bits per heavy atom. The molecule has 7 nitrogen and oxygen atoms in total. The van der Waals surface area contributed by atoms with Gasteiger partial charge in [0.25, 0.3) is 0 Å². The number of amides is 1. The van der Waals surface area contributed by atoms with E-state index in [0.29, 0.717) is 36.6 Å². The Balaban J connectivity index is 1.82. The number of nitrogens with zero attached hydrogens (tertiary/aromatic N) is 1. The average molecular weight is 447 g/mol. The summed E-state index contributed by atoms with van der Waals surface area (Å²) in [5.41, 5.74) is 1.49. The molecule has 0 spiro atoms. The topological polar surface area (TPSA) is 84.9 Å². The summed E-state index contributed by atoms with van der Waals surface area (Å²) in [6.45, 7) is 4.52. The first-order valence-electron chi connectivity index (χ1n) is 10.4. The Morgan fingerprint density at radius 2 is 1.81 bits per heavy atom. The van der Waals surface area contributed by atoms with Crippen LogP contribution in [-0.2, 0) is 14.8 Å². The van der Waals surface area contributed by atoms with E-state index in [1.54, 1.807) is 31.4 Å². The standard InChI is InChI=1S/C23H30N2O5S/c1-16(2)17-11-12-21(30-4)22(14-17)31(27,28)25-13-7-8-18(15-25)23(26)24-19-9-5-6-10-20(19)29-3/h5-6,9-12,14,16,18H,7-8,13,15H2,1-4H3,(H,24,26)/t18-/m0/s1. The first-order chi connectivity index (χ1) is 14.8. The number of anilines is 1. The van der Waals surface area contributed by atoms with Crippen LogP contribution in [0.4, 0.5) is 5.69 Å². The monoisotopic (exact) mass is 446 g/mol. The average Bonchev–Trinajstić information content (AvgIpc) is 2.78. The number of ether oxygens (including phenoxy) is 2. The molecule has 1 aliphatic rings. The molecule has 0 unspecified atom stereocenters. The van der Waals surface area contributed by atoms with Crippen molar-refractivity contribution in [1.82, 2.24) is 4.31 Å². The minimum Gasteiger partial charge on any atom is -0.495 e. The molecule has 31 heavy (non-hydrogen) atoms. The zero-order valence-corrected chi connectivity index (χ0v) is 19.2. The van der Waals surface area contributed by atoms with Crippen LogP contribution in [0.1, 0.15) is 38.2 Å². The van der Waals surface area contributed by atoms with Crippen LogP contribution in [0.25, 0.3) is 0 Å². The number of carbonyl (C=O) groups is 1. The van der Waals surface area contributed by atoms with Gasteiger partial charge in [-0.2, -0.15) is 4.31 Å². The Kier molecular flexibility index (Phi) is 7.23. The van der Waals surface area contributed by atoms with E-state index in [-0.39, 0.29) is 23.3 Å². The van der Waals surface area contributed by atoms with Gasteiger partial charge in [0.15, 0.2) is 0 Å². The SMILES string of the molecule is COc1ccccc1NC(=O)[C@H]1CCCN(S(=O)(=O)c2cc(C(C)C)ccc2OC)C1. The van der Waals surface area contributed by atoms with Crippen LogP contribution in [0.2, 0.25) is 0 Å². The molecule has 1 heterocycles. The lowest BCUT2D eigenvalue weighted by Gasteiger charge is -2.31. The molecule has 0 radical (unpaired) electrons. The summed E-state index contributed by atoms with van der Waals surface area (Å²) in [4.78, 5) is 13.0. The lowest BCUT2D eigenvalue weighted by Crippen LogP contribution is -2.43. The highest BCUT2D eigenvalue weighted by Gasteiger charge is 2.35.